The number of carboxylic acid groups (broad SMARTS) is 1. The summed E-state index contributed by atoms with van der Waals surface area (Å²) in [5, 5.41) is 19.5. The molecule has 1 amide bonds. The fraction of sp³-hybridized carbons (Fsp3) is 0.600. The molecule has 94 valence electrons. The summed E-state index contributed by atoms with van der Waals surface area (Å²) in [4.78, 5) is 32.4. The van der Waals surface area contributed by atoms with E-state index in [0.717, 1.165) is 6.92 Å². The monoisotopic (exact) mass is 242 g/mol. The fourth-order valence-electron chi connectivity index (χ4n) is 1.03. The largest absolute Gasteiger partial charge is 0.480 e. The Kier molecular flexibility index (Phi) is 6.33. The maximum absolute atomic E-state index is 11.2. The van der Waals surface area contributed by atoms with Gasteiger partial charge in [0.05, 0.1) is 6.07 Å². The number of ether oxygens (including phenoxy) is 1. The molecule has 0 fully saturated rings. The third-order valence-electron chi connectivity index (χ3n) is 1.85. The minimum Gasteiger partial charge on any atom is -0.480 e. The molecule has 7 heteroatoms. The lowest BCUT2D eigenvalue weighted by atomic mass is 10.0. The van der Waals surface area contributed by atoms with Crippen molar-refractivity contribution in [3.63, 3.8) is 0 Å². The summed E-state index contributed by atoms with van der Waals surface area (Å²) in [6.45, 7) is 2.16. The molecule has 2 atom stereocenters. The van der Waals surface area contributed by atoms with Gasteiger partial charge in [-0.25, -0.2) is 4.79 Å². The fourth-order valence-corrected chi connectivity index (χ4v) is 1.03. The normalized spacial score (nSPS) is 13.0. The molecule has 17 heavy (non-hydrogen) atoms. The molecule has 0 aliphatic heterocycles. The highest BCUT2D eigenvalue weighted by Crippen LogP contribution is 2.04. The van der Waals surface area contributed by atoms with Gasteiger partial charge in [0, 0.05) is 12.8 Å². The second kappa shape index (κ2) is 7.22. The number of amides is 1. The van der Waals surface area contributed by atoms with Gasteiger partial charge in [-0.15, -0.1) is 0 Å². The van der Waals surface area contributed by atoms with E-state index in [1.807, 2.05) is 6.07 Å². The van der Waals surface area contributed by atoms with Gasteiger partial charge >= 0.3 is 11.9 Å². The zero-order valence-corrected chi connectivity index (χ0v) is 9.60. The van der Waals surface area contributed by atoms with Crippen LogP contribution in [0.4, 0.5) is 0 Å². The molecule has 0 radical (unpaired) electrons. The first-order chi connectivity index (χ1) is 7.86. The maximum Gasteiger partial charge on any atom is 0.326 e. The van der Waals surface area contributed by atoms with Gasteiger partial charge in [-0.2, -0.15) is 5.26 Å². The van der Waals surface area contributed by atoms with Crippen LogP contribution in [0.5, 0.6) is 0 Å². The van der Waals surface area contributed by atoms with E-state index in [1.54, 1.807) is 6.92 Å². The van der Waals surface area contributed by atoms with Crippen LogP contribution in [0.3, 0.4) is 0 Å². The molecule has 0 aliphatic carbocycles. The number of carboxylic acids is 1. The lowest BCUT2D eigenvalue weighted by Gasteiger charge is -2.15. The average Bonchev–Trinajstić information content (AvgIpc) is 2.25. The van der Waals surface area contributed by atoms with Crippen molar-refractivity contribution in [2.45, 2.75) is 26.3 Å². The van der Waals surface area contributed by atoms with Crippen LogP contribution in [0.25, 0.3) is 0 Å². The number of carbonyl (C=O) groups excluding carboxylic acids is 2. The first-order valence-electron chi connectivity index (χ1n) is 4.92. The number of nitriles is 1. The summed E-state index contributed by atoms with van der Waals surface area (Å²) >= 11 is 0. The third kappa shape index (κ3) is 6.89. The van der Waals surface area contributed by atoms with Crippen molar-refractivity contribution >= 4 is 17.8 Å². The summed E-state index contributed by atoms with van der Waals surface area (Å²) in [5.41, 5.74) is 0. The first-order valence-corrected chi connectivity index (χ1v) is 4.92. The van der Waals surface area contributed by atoms with E-state index in [0.29, 0.717) is 0 Å². The minimum atomic E-state index is -1.23. The first kappa shape index (κ1) is 14.9. The Labute approximate surface area is 98.4 Å². The van der Waals surface area contributed by atoms with Gasteiger partial charge in [0.25, 0.3) is 5.91 Å². The summed E-state index contributed by atoms with van der Waals surface area (Å²) in [6.07, 6.45) is -0.00234. The molecule has 0 unspecified atom stereocenters. The summed E-state index contributed by atoms with van der Waals surface area (Å²) in [7, 11) is 0. The number of carbonyl (C=O) groups is 3. The van der Waals surface area contributed by atoms with Crippen LogP contribution in [-0.4, -0.2) is 35.6 Å². The molecule has 0 aliphatic rings. The predicted octanol–water partition coefficient (Wildman–Crippen LogP) is -0.331. The summed E-state index contributed by atoms with van der Waals surface area (Å²) in [6, 6.07) is 0.714. The Morgan fingerprint density at radius 2 is 2.06 bits per heavy atom. The van der Waals surface area contributed by atoms with Crippen molar-refractivity contribution < 1.29 is 24.2 Å². The maximum atomic E-state index is 11.2. The molecule has 0 rings (SSSR count). The molecule has 0 heterocycles. The Bertz CT molecular complexity index is 347. The molecule has 2 N–H and O–H groups in total. The van der Waals surface area contributed by atoms with E-state index >= 15 is 0 Å². The molecular formula is C10H14N2O5. The predicted molar refractivity (Wildman–Crippen MR) is 55.6 cm³/mol. The summed E-state index contributed by atoms with van der Waals surface area (Å²) in [5.74, 6) is -3.07. The third-order valence-corrected chi connectivity index (χ3v) is 1.85. The van der Waals surface area contributed by atoms with Crippen LogP contribution in [0.15, 0.2) is 0 Å². The minimum absolute atomic E-state index is 0.00234. The Morgan fingerprint density at radius 3 is 2.47 bits per heavy atom. The van der Waals surface area contributed by atoms with Crippen LogP contribution in [0.1, 0.15) is 20.3 Å². The zero-order chi connectivity index (χ0) is 13.4. The van der Waals surface area contributed by atoms with Crippen molar-refractivity contribution in [1.29, 1.82) is 5.26 Å². The number of aliphatic carboxylic acids is 1. The van der Waals surface area contributed by atoms with Crippen LogP contribution in [0.2, 0.25) is 0 Å². The van der Waals surface area contributed by atoms with E-state index in [1.165, 1.54) is 0 Å². The number of rotatable bonds is 6. The summed E-state index contributed by atoms with van der Waals surface area (Å²) < 4.78 is 4.41. The highest BCUT2D eigenvalue weighted by atomic mass is 16.5. The SMILES string of the molecule is CC(=O)OCC(=O)N[C@@H](C[C@H](C)C#N)C(=O)O. The van der Waals surface area contributed by atoms with E-state index in [-0.39, 0.29) is 6.42 Å². The molecule has 0 aromatic heterocycles. The van der Waals surface area contributed by atoms with E-state index in [9.17, 15) is 14.4 Å². The Morgan fingerprint density at radius 1 is 1.47 bits per heavy atom. The van der Waals surface area contributed by atoms with Gasteiger partial charge < -0.3 is 15.2 Å². The number of esters is 1. The molecule has 0 saturated heterocycles. The zero-order valence-electron chi connectivity index (χ0n) is 9.60. The van der Waals surface area contributed by atoms with Gasteiger partial charge in [0.1, 0.15) is 6.04 Å². The topological polar surface area (TPSA) is 116 Å². The smallest absolute Gasteiger partial charge is 0.326 e. The van der Waals surface area contributed by atoms with E-state index in [2.05, 4.69) is 10.1 Å². The number of hydrogen-bond acceptors (Lipinski definition) is 5. The van der Waals surface area contributed by atoms with Crippen molar-refractivity contribution in [3.8, 4) is 6.07 Å². The van der Waals surface area contributed by atoms with Gasteiger partial charge in [-0.1, -0.05) is 0 Å². The lowest BCUT2D eigenvalue weighted by molar-refractivity contribution is -0.148. The van der Waals surface area contributed by atoms with E-state index in [4.69, 9.17) is 10.4 Å². The van der Waals surface area contributed by atoms with Crippen molar-refractivity contribution in [1.82, 2.24) is 5.32 Å². The molecule has 0 bridgehead atoms. The molecular weight excluding hydrogens is 228 g/mol. The van der Waals surface area contributed by atoms with Crippen LogP contribution in [-0.2, 0) is 19.1 Å². The van der Waals surface area contributed by atoms with Crippen molar-refractivity contribution in [3.05, 3.63) is 0 Å². The quantitative estimate of drug-likeness (QED) is 0.616. The second-order valence-corrected chi connectivity index (χ2v) is 3.50. The second-order valence-electron chi connectivity index (χ2n) is 3.50. The van der Waals surface area contributed by atoms with Crippen molar-refractivity contribution in [2.75, 3.05) is 6.61 Å². The molecule has 7 nitrogen and oxygen atoms in total. The van der Waals surface area contributed by atoms with Gasteiger partial charge in [0.15, 0.2) is 6.61 Å². The van der Waals surface area contributed by atoms with Crippen LogP contribution >= 0.6 is 0 Å². The van der Waals surface area contributed by atoms with Gasteiger partial charge in [0.2, 0.25) is 0 Å². The van der Waals surface area contributed by atoms with Crippen molar-refractivity contribution in [2.24, 2.45) is 5.92 Å². The Hall–Kier alpha value is -2.10. The Balaban J connectivity index is 4.26. The number of hydrogen-bond donors (Lipinski definition) is 2. The van der Waals surface area contributed by atoms with Gasteiger partial charge in [-0.05, 0) is 13.3 Å². The number of nitrogens with one attached hydrogen (secondary N) is 1. The highest BCUT2D eigenvalue weighted by Gasteiger charge is 2.22. The number of nitrogens with zero attached hydrogens (tertiary/aromatic N) is 1. The lowest BCUT2D eigenvalue weighted by Crippen LogP contribution is -2.43. The molecule has 0 saturated carbocycles. The van der Waals surface area contributed by atoms with Crippen LogP contribution in [0, 0.1) is 17.2 Å². The highest BCUT2D eigenvalue weighted by molar-refractivity contribution is 5.85. The molecule has 0 aromatic rings. The average molecular weight is 242 g/mol. The molecule has 0 aromatic carbocycles. The van der Waals surface area contributed by atoms with E-state index < -0.39 is 36.4 Å². The van der Waals surface area contributed by atoms with Crippen LogP contribution < -0.4 is 5.32 Å². The van der Waals surface area contributed by atoms with Gasteiger partial charge in [-0.3, -0.25) is 9.59 Å². The molecule has 0 spiro atoms. The standard InChI is InChI=1S/C10H14N2O5/c1-6(4-11)3-8(10(15)16)12-9(14)5-17-7(2)13/h6,8H,3,5H2,1-2H3,(H,12,14)(H,15,16)/t6-,8-/m0/s1.